The molecule has 2 heterocycles. The van der Waals surface area contributed by atoms with Gasteiger partial charge in [0.15, 0.2) is 5.78 Å². The van der Waals surface area contributed by atoms with E-state index >= 15 is 0 Å². The van der Waals surface area contributed by atoms with Crippen molar-refractivity contribution in [2.24, 2.45) is 0 Å². The normalized spacial score (nSPS) is 14.8. The van der Waals surface area contributed by atoms with Crippen LogP contribution in [0.2, 0.25) is 5.15 Å². The molecule has 0 radical (unpaired) electrons. The van der Waals surface area contributed by atoms with Gasteiger partial charge in [-0.3, -0.25) is 4.79 Å². The maximum absolute atomic E-state index is 12.2. The van der Waals surface area contributed by atoms with Crippen molar-refractivity contribution in [2.45, 2.75) is 58.9 Å². The molecule has 1 aliphatic rings. The minimum atomic E-state index is 0.125. The Morgan fingerprint density at radius 1 is 1.35 bits per heavy atom. The molecule has 110 valence electrons. The number of hydrogen-bond acceptors (Lipinski definition) is 3. The number of fused-ring (bicyclic) bond motifs is 1. The van der Waals surface area contributed by atoms with Gasteiger partial charge in [0.2, 0.25) is 0 Å². The summed E-state index contributed by atoms with van der Waals surface area (Å²) in [5, 5.41) is 0.362. The first-order valence-corrected chi connectivity index (χ1v) is 7.93. The van der Waals surface area contributed by atoms with Crippen molar-refractivity contribution in [3.8, 4) is 0 Å². The molecular formula is C16H23ClN2O. The third kappa shape index (κ3) is 2.98. The lowest BCUT2D eigenvalue weighted by Gasteiger charge is -2.37. The Labute approximate surface area is 126 Å². The average molecular weight is 295 g/mol. The number of pyridine rings is 1. The fourth-order valence-corrected chi connectivity index (χ4v) is 3.41. The van der Waals surface area contributed by atoms with E-state index in [-0.39, 0.29) is 5.78 Å². The predicted octanol–water partition coefficient (Wildman–Crippen LogP) is 4.41. The molecule has 20 heavy (non-hydrogen) atoms. The van der Waals surface area contributed by atoms with Crippen LogP contribution in [0.1, 0.15) is 62.0 Å². The van der Waals surface area contributed by atoms with Gasteiger partial charge in [-0.15, -0.1) is 0 Å². The topological polar surface area (TPSA) is 33.2 Å². The van der Waals surface area contributed by atoms with Crippen molar-refractivity contribution >= 4 is 23.1 Å². The smallest absolute Gasteiger partial charge is 0.169 e. The molecule has 0 bridgehead atoms. The van der Waals surface area contributed by atoms with Crippen LogP contribution in [-0.2, 0) is 0 Å². The van der Waals surface area contributed by atoms with Crippen LogP contribution in [0.25, 0.3) is 0 Å². The maximum Gasteiger partial charge on any atom is 0.169 e. The largest absolute Gasteiger partial charge is 0.367 e. The van der Waals surface area contributed by atoms with Crippen molar-refractivity contribution in [3.63, 3.8) is 0 Å². The molecule has 0 aromatic carbocycles. The average Bonchev–Trinajstić information content (AvgIpc) is 2.38. The highest BCUT2D eigenvalue weighted by molar-refractivity contribution is 6.33. The molecule has 1 aliphatic heterocycles. The summed E-state index contributed by atoms with van der Waals surface area (Å²) in [6, 6.07) is 2.51. The molecule has 0 saturated carbocycles. The van der Waals surface area contributed by atoms with Gasteiger partial charge >= 0.3 is 0 Å². The molecule has 2 rings (SSSR count). The maximum atomic E-state index is 12.2. The molecule has 0 spiro atoms. The molecule has 1 aromatic rings. The van der Waals surface area contributed by atoms with Crippen LogP contribution in [0.15, 0.2) is 6.07 Å². The van der Waals surface area contributed by atoms with Crippen molar-refractivity contribution < 1.29 is 4.79 Å². The van der Waals surface area contributed by atoms with Gasteiger partial charge in [-0.1, -0.05) is 38.3 Å². The number of Topliss-reactive ketones (excluding diaryl/α,β-unsaturated/α-hetero) is 1. The minimum Gasteiger partial charge on any atom is -0.367 e. The van der Waals surface area contributed by atoms with Crippen LogP contribution < -0.4 is 4.90 Å². The molecule has 0 fully saturated rings. The van der Waals surface area contributed by atoms with Crippen molar-refractivity contribution in [2.75, 3.05) is 11.4 Å². The summed E-state index contributed by atoms with van der Waals surface area (Å²) in [5.41, 5.74) is 2.49. The quantitative estimate of drug-likeness (QED) is 0.754. The second kappa shape index (κ2) is 6.57. The number of nitrogens with zero attached hydrogens (tertiary/aromatic N) is 2. The Morgan fingerprint density at radius 2 is 2.00 bits per heavy atom. The summed E-state index contributed by atoms with van der Waals surface area (Å²) in [7, 11) is 0. The Kier molecular flexibility index (Phi) is 5.03. The fourth-order valence-electron chi connectivity index (χ4n) is 3.07. The van der Waals surface area contributed by atoms with Crippen LogP contribution in [0, 0.1) is 6.92 Å². The van der Waals surface area contributed by atoms with E-state index in [0.717, 1.165) is 43.6 Å². The van der Waals surface area contributed by atoms with E-state index in [4.69, 9.17) is 11.6 Å². The molecule has 4 heteroatoms. The highest BCUT2D eigenvalue weighted by Crippen LogP contribution is 2.35. The number of carbonyl (C=O) groups is 1. The zero-order valence-corrected chi connectivity index (χ0v) is 13.3. The molecular weight excluding hydrogens is 272 g/mol. The third-order valence-electron chi connectivity index (χ3n) is 3.94. The number of carbonyl (C=O) groups excluding carboxylic acids is 1. The van der Waals surface area contributed by atoms with E-state index in [1.54, 1.807) is 0 Å². The highest BCUT2D eigenvalue weighted by atomic mass is 35.5. The van der Waals surface area contributed by atoms with Gasteiger partial charge in [-0.25, -0.2) is 4.98 Å². The first-order valence-electron chi connectivity index (χ1n) is 7.55. The second-order valence-electron chi connectivity index (χ2n) is 5.55. The zero-order chi connectivity index (χ0) is 14.7. The molecule has 0 N–H and O–H groups in total. The zero-order valence-electron chi connectivity index (χ0n) is 12.6. The Morgan fingerprint density at radius 3 is 2.60 bits per heavy atom. The van der Waals surface area contributed by atoms with Crippen LogP contribution in [0.3, 0.4) is 0 Å². The number of rotatable bonds is 5. The number of ketones is 1. The van der Waals surface area contributed by atoms with E-state index in [1.807, 2.05) is 13.0 Å². The van der Waals surface area contributed by atoms with Gasteiger partial charge < -0.3 is 4.90 Å². The Bertz CT molecular complexity index is 495. The highest BCUT2D eigenvalue weighted by Gasteiger charge is 2.30. The monoisotopic (exact) mass is 294 g/mol. The summed E-state index contributed by atoms with van der Waals surface area (Å²) >= 11 is 6.21. The molecule has 0 atom stereocenters. The summed E-state index contributed by atoms with van der Waals surface area (Å²) in [5.74, 6) is 0.125. The van der Waals surface area contributed by atoms with Crippen LogP contribution in [-0.4, -0.2) is 23.4 Å². The van der Waals surface area contributed by atoms with Crippen molar-refractivity contribution in [1.82, 2.24) is 4.98 Å². The molecule has 3 nitrogen and oxygen atoms in total. The molecule has 0 amide bonds. The Hall–Kier alpha value is -1.09. The van der Waals surface area contributed by atoms with Crippen molar-refractivity contribution in [3.05, 3.63) is 22.5 Å². The summed E-state index contributed by atoms with van der Waals surface area (Å²) in [4.78, 5) is 18.8. The van der Waals surface area contributed by atoms with Gasteiger partial charge in [-0.2, -0.15) is 0 Å². The number of hydrogen-bond donors (Lipinski definition) is 0. The van der Waals surface area contributed by atoms with E-state index < -0.39 is 0 Å². The molecule has 0 unspecified atom stereocenters. The predicted molar refractivity (Wildman–Crippen MR) is 83.9 cm³/mol. The SMILES string of the molecule is CCCC(CCC)N1CCC(=O)c2c1cc(C)nc2Cl. The van der Waals surface area contributed by atoms with Gasteiger partial charge in [0.05, 0.1) is 11.3 Å². The Balaban J connectivity index is 2.43. The minimum absolute atomic E-state index is 0.125. The summed E-state index contributed by atoms with van der Waals surface area (Å²) in [6.45, 7) is 7.15. The van der Waals surface area contributed by atoms with E-state index in [2.05, 4.69) is 23.7 Å². The van der Waals surface area contributed by atoms with Gasteiger partial charge in [-0.05, 0) is 25.8 Å². The third-order valence-corrected chi connectivity index (χ3v) is 4.21. The lowest BCUT2D eigenvalue weighted by atomic mass is 9.96. The lowest BCUT2D eigenvalue weighted by molar-refractivity contribution is 0.0978. The van der Waals surface area contributed by atoms with Crippen LogP contribution in [0.4, 0.5) is 5.69 Å². The molecule has 0 saturated heterocycles. The molecule has 0 aliphatic carbocycles. The number of aryl methyl sites for hydroxylation is 1. The first kappa shape index (κ1) is 15.3. The number of aromatic nitrogens is 1. The van der Waals surface area contributed by atoms with Gasteiger partial charge in [0, 0.05) is 24.7 Å². The van der Waals surface area contributed by atoms with Gasteiger partial charge in [0.1, 0.15) is 5.15 Å². The summed E-state index contributed by atoms with van der Waals surface area (Å²) in [6.07, 6.45) is 5.16. The van der Waals surface area contributed by atoms with Crippen LogP contribution in [0.5, 0.6) is 0 Å². The second-order valence-corrected chi connectivity index (χ2v) is 5.90. The fraction of sp³-hybridized carbons (Fsp3) is 0.625. The van der Waals surface area contributed by atoms with E-state index in [0.29, 0.717) is 23.2 Å². The van der Waals surface area contributed by atoms with E-state index in [1.165, 1.54) is 0 Å². The molecule has 1 aromatic heterocycles. The van der Waals surface area contributed by atoms with E-state index in [9.17, 15) is 4.79 Å². The lowest BCUT2D eigenvalue weighted by Crippen LogP contribution is -2.41. The number of anilines is 1. The van der Waals surface area contributed by atoms with Crippen LogP contribution >= 0.6 is 11.6 Å². The first-order chi connectivity index (χ1) is 9.58. The standard InChI is InChI=1S/C16H23ClN2O/c1-4-6-12(7-5-2)19-9-8-14(20)15-13(19)10-11(3)18-16(15)17/h10,12H,4-9H2,1-3H3. The number of halogens is 1. The van der Waals surface area contributed by atoms with Crippen molar-refractivity contribution in [1.29, 1.82) is 0 Å². The summed E-state index contributed by atoms with van der Waals surface area (Å²) < 4.78 is 0. The van der Waals surface area contributed by atoms with Gasteiger partial charge in [0.25, 0.3) is 0 Å².